The SMILES string of the molecule is O=C(O)c1ccc(C2=CC3COCC(C2)N3C(=O)OCC2c3ccccc3-c3ccccc32)c([N+](=O)[O-])c1. The van der Waals surface area contributed by atoms with Crippen LogP contribution in [0.1, 0.15) is 39.4 Å². The van der Waals surface area contributed by atoms with E-state index in [1.807, 2.05) is 24.3 Å². The van der Waals surface area contributed by atoms with Gasteiger partial charge in [0, 0.05) is 12.0 Å². The number of carboxylic acid groups (broad SMARTS) is 1. The summed E-state index contributed by atoms with van der Waals surface area (Å²) in [6.07, 6.45) is 1.67. The Hall–Kier alpha value is -4.50. The summed E-state index contributed by atoms with van der Waals surface area (Å²) in [5.74, 6) is -1.29. The van der Waals surface area contributed by atoms with Crippen LogP contribution in [-0.4, -0.2) is 58.9 Å². The predicted octanol–water partition coefficient (Wildman–Crippen LogP) is 5.10. The van der Waals surface area contributed by atoms with Crippen molar-refractivity contribution in [3.8, 4) is 11.1 Å². The number of nitro benzene ring substituents is 1. The number of rotatable bonds is 5. The summed E-state index contributed by atoms with van der Waals surface area (Å²) < 4.78 is 11.6. The number of nitrogens with zero attached hydrogens (tertiary/aromatic N) is 2. The van der Waals surface area contributed by atoms with Crippen LogP contribution < -0.4 is 0 Å². The van der Waals surface area contributed by atoms with E-state index >= 15 is 0 Å². The number of benzene rings is 3. The molecule has 0 aromatic heterocycles. The van der Waals surface area contributed by atoms with Crippen molar-refractivity contribution in [3.05, 3.63) is 105 Å². The summed E-state index contributed by atoms with van der Waals surface area (Å²) in [6, 6.07) is 19.4. The van der Waals surface area contributed by atoms with Crippen molar-refractivity contribution in [3.63, 3.8) is 0 Å². The van der Waals surface area contributed by atoms with Crippen LogP contribution in [0.5, 0.6) is 0 Å². The molecule has 1 amide bonds. The van der Waals surface area contributed by atoms with Gasteiger partial charge in [-0.1, -0.05) is 54.6 Å². The number of amides is 1. The van der Waals surface area contributed by atoms with Gasteiger partial charge in [-0.05, 0) is 46.4 Å². The van der Waals surface area contributed by atoms with Gasteiger partial charge in [-0.3, -0.25) is 15.0 Å². The van der Waals surface area contributed by atoms with Gasteiger partial charge in [-0.15, -0.1) is 0 Å². The first kappa shape index (κ1) is 23.9. The molecule has 2 aliphatic heterocycles. The van der Waals surface area contributed by atoms with E-state index in [0.29, 0.717) is 17.6 Å². The van der Waals surface area contributed by atoms with Crippen molar-refractivity contribution in [1.29, 1.82) is 0 Å². The van der Waals surface area contributed by atoms with Gasteiger partial charge in [0.1, 0.15) is 6.61 Å². The summed E-state index contributed by atoms with van der Waals surface area (Å²) in [6.45, 7) is 0.715. The average molecular weight is 513 g/mol. The summed E-state index contributed by atoms with van der Waals surface area (Å²) >= 11 is 0. The third kappa shape index (κ3) is 4.01. The molecular formula is C29H24N2O7. The third-order valence-electron chi connectivity index (χ3n) is 7.53. The minimum absolute atomic E-state index is 0.0614. The highest BCUT2D eigenvalue weighted by molar-refractivity contribution is 5.90. The molecule has 1 fully saturated rings. The number of hydrogen-bond donors (Lipinski definition) is 1. The molecule has 0 saturated carbocycles. The van der Waals surface area contributed by atoms with Crippen LogP contribution in [0.25, 0.3) is 16.7 Å². The zero-order chi connectivity index (χ0) is 26.4. The quantitative estimate of drug-likeness (QED) is 0.373. The molecule has 6 rings (SSSR count). The van der Waals surface area contributed by atoms with E-state index < -0.39 is 23.0 Å². The molecule has 2 atom stereocenters. The Balaban J connectivity index is 1.24. The molecule has 38 heavy (non-hydrogen) atoms. The Bertz CT molecular complexity index is 1450. The lowest BCUT2D eigenvalue weighted by molar-refractivity contribution is -0.385. The molecule has 2 heterocycles. The molecular weight excluding hydrogens is 488 g/mol. The van der Waals surface area contributed by atoms with Crippen LogP contribution in [0.3, 0.4) is 0 Å². The number of carbonyl (C=O) groups is 2. The van der Waals surface area contributed by atoms with Gasteiger partial charge in [-0.25, -0.2) is 9.59 Å². The zero-order valence-corrected chi connectivity index (χ0v) is 20.3. The minimum atomic E-state index is -1.23. The first-order valence-corrected chi connectivity index (χ1v) is 12.4. The Morgan fingerprint density at radius 2 is 1.68 bits per heavy atom. The molecule has 9 nitrogen and oxygen atoms in total. The van der Waals surface area contributed by atoms with Gasteiger partial charge in [0.05, 0.1) is 41.3 Å². The second kappa shape index (κ2) is 9.42. The van der Waals surface area contributed by atoms with Crippen molar-refractivity contribution in [2.24, 2.45) is 0 Å². The number of aromatic carboxylic acids is 1. The van der Waals surface area contributed by atoms with E-state index in [4.69, 9.17) is 9.47 Å². The molecule has 2 bridgehead atoms. The Morgan fingerprint density at radius 3 is 2.32 bits per heavy atom. The number of ether oxygens (including phenoxy) is 2. The second-order valence-corrected chi connectivity index (χ2v) is 9.66. The van der Waals surface area contributed by atoms with Crippen LogP contribution in [0.15, 0.2) is 72.8 Å². The van der Waals surface area contributed by atoms with Crippen molar-refractivity contribution in [2.45, 2.75) is 24.4 Å². The van der Waals surface area contributed by atoms with Crippen molar-refractivity contribution >= 4 is 23.3 Å². The summed E-state index contributed by atoms with van der Waals surface area (Å²) in [7, 11) is 0. The number of fused-ring (bicyclic) bond motifs is 5. The smallest absolute Gasteiger partial charge is 0.410 e. The van der Waals surface area contributed by atoms with Gasteiger partial charge in [0.15, 0.2) is 0 Å². The highest BCUT2D eigenvalue weighted by Gasteiger charge is 2.41. The molecule has 1 aliphatic carbocycles. The maximum Gasteiger partial charge on any atom is 0.410 e. The fourth-order valence-corrected chi connectivity index (χ4v) is 5.84. The zero-order valence-electron chi connectivity index (χ0n) is 20.3. The van der Waals surface area contributed by atoms with Gasteiger partial charge in [-0.2, -0.15) is 0 Å². The lowest BCUT2D eigenvalue weighted by Gasteiger charge is -2.43. The number of morpholine rings is 1. The Labute approximate surface area is 218 Å². The molecule has 2 unspecified atom stereocenters. The summed E-state index contributed by atoms with van der Waals surface area (Å²) in [4.78, 5) is 37.5. The standard InChI is InChI=1S/C29H24N2O7/c32-28(33)17-9-10-21(27(13-17)31(35)36)18-11-19-14-37-15-20(12-18)30(19)29(34)38-16-26-24-7-3-1-5-22(24)23-6-2-4-8-25(23)26/h1-11,13,19-20,26H,12,14-16H2,(H,32,33). The summed E-state index contributed by atoms with van der Waals surface area (Å²) in [5.41, 5.74) is 5.17. The number of carbonyl (C=O) groups excluding carboxylic acids is 1. The number of carboxylic acids is 1. The molecule has 1 saturated heterocycles. The molecule has 0 spiro atoms. The molecule has 3 aromatic carbocycles. The molecule has 0 radical (unpaired) electrons. The Morgan fingerprint density at radius 1 is 1.00 bits per heavy atom. The van der Waals surface area contributed by atoms with Gasteiger partial charge >= 0.3 is 12.1 Å². The lowest BCUT2D eigenvalue weighted by atomic mass is 9.89. The van der Waals surface area contributed by atoms with Crippen LogP contribution >= 0.6 is 0 Å². The highest BCUT2D eigenvalue weighted by atomic mass is 16.6. The van der Waals surface area contributed by atoms with Crippen LogP contribution in [0, 0.1) is 10.1 Å². The van der Waals surface area contributed by atoms with Crippen molar-refractivity contribution < 1.29 is 29.1 Å². The molecule has 192 valence electrons. The predicted molar refractivity (Wildman–Crippen MR) is 138 cm³/mol. The van der Waals surface area contributed by atoms with E-state index in [-0.39, 0.29) is 43.0 Å². The van der Waals surface area contributed by atoms with E-state index in [9.17, 15) is 24.8 Å². The van der Waals surface area contributed by atoms with E-state index in [0.717, 1.165) is 28.3 Å². The fraction of sp³-hybridized carbons (Fsp3) is 0.241. The maximum atomic E-state index is 13.4. The molecule has 9 heteroatoms. The average Bonchev–Trinajstić information content (AvgIpc) is 3.24. The van der Waals surface area contributed by atoms with E-state index in [1.54, 1.807) is 11.0 Å². The van der Waals surface area contributed by atoms with Crippen LogP contribution in [-0.2, 0) is 9.47 Å². The second-order valence-electron chi connectivity index (χ2n) is 9.66. The topological polar surface area (TPSA) is 119 Å². The van der Waals surface area contributed by atoms with Crippen LogP contribution in [0.4, 0.5) is 10.5 Å². The minimum Gasteiger partial charge on any atom is -0.478 e. The first-order chi connectivity index (χ1) is 18.4. The summed E-state index contributed by atoms with van der Waals surface area (Å²) in [5, 5.41) is 21.0. The van der Waals surface area contributed by atoms with E-state index in [1.165, 1.54) is 12.1 Å². The number of nitro groups is 1. The molecule has 1 N–H and O–H groups in total. The van der Waals surface area contributed by atoms with Crippen molar-refractivity contribution in [2.75, 3.05) is 19.8 Å². The van der Waals surface area contributed by atoms with Crippen LogP contribution in [0.2, 0.25) is 0 Å². The van der Waals surface area contributed by atoms with Gasteiger partial charge < -0.3 is 14.6 Å². The molecule has 3 aromatic rings. The number of hydrogen-bond acceptors (Lipinski definition) is 6. The maximum absolute atomic E-state index is 13.4. The third-order valence-corrected chi connectivity index (χ3v) is 7.53. The van der Waals surface area contributed by atoms with E-state index in [2.05, 4.69) is 24.3 Å². The monoisotopic (exact) mass is 512 g/mol. The molecule has 3 aliphatic rings. The van der Waals surface area contributed by atoms with Gasteiger partial charge in [0.25, 0.3) is 5.69 Å². The normalized spacial score (nSPS) is 19.8. The van der Waals surface area contributed by atoms with Gasteiger partial charge in [0.2, 0.25) is 0 Å². The highest BCUT2D eigenvalue weighted by Crippen LogP contribution is 2.45. The lowest BCUT2D eigenvalue weighted by Crippen LogP contribution is -2.56. The first-order valence-electron chi connectivity index (χ1n) is 12.4. The largest absolute Gasteiger partial charge is 0.478 e. The fourth-order valence-electron chi connectivity index (χ4n) is 5.84. The Kier molecular flexibility index (Phi) is 5.92. The van der Waals surface area contributed by atoms with Crippen molar-refractivity contribution in [1.82, 2.24) is 4.90 Å².